The van der Waals surface area contributed by atoms with Crippen LogP contribution in [0.2, 0.25) is 0 Å². The summed E-state index contributed by atoms with van der Waals surface area (Å²) in [4.78, 5) is 29.9. The highest BCUT2D eigenvalue weighted by atomic mass is 32.2. The second-order valence-corrected chi connectivity index (χ2v) is 6.45. The number of rotatable bonds is 5. The zero-order chi connectivity index (χ0) is 15.7. The van der Waals surface area contributed by atoms with E-state index in [1.165, 1.54) is 4.90 Å². The molecule has 1 aromatic heterocycles. The number of amides is 2. The van der Waals surface area contributed by atoms with Crippen LogP contribution in [0.5, 0.6) is 0 Å². The number of hydrogen-bond acceptors (Lipinski definition) is 6. The summed E-state index contributed by atoms with van der Waals surface area (Å²) in [5.41, 5.74) is 0.969. The highest BCUT2D eigenvalue weighted by Crippen LogP contribution is 2.28. The van der Waals surface area contributed by atoms with Crippen LogP contribution >= 0.6 is 11.8 Å². The Morgan fingerprint density at radius 2 is 1.86 bits per heavy atom. The van der Waals surface area contributed by atoms with Gasteiger partial charge in [-0.1, -0.05) is 17.3 Å². The van der Waals surface area contributed by atoms with E-state index in [2.05, 4.69) is 10.1 Å². The van der Waals surface area contributed by atoms with Crippen molar-refractivity contribution in [3.05, 3.63) is 47.1 Å². The number of carbonyl (C=O) groups is 2. The third kappa shape index (κ3) is 2.64. The normalized spacial score (nSPS) is 15.3. The van der Waals surface area contributed by atoms with Gasteiger partial charge in [-0.2, -0.15) is 4.98 Å². The van der Waals surface area contributed by atoms with Gasteiger partial charge in [-0.3, -0.25) is 14.5 Å². The van der Waals surface area contributed by atoms with Crippen LogP contribution in [0, 0.1) is 6.92 Å². The largest absolute Gasteiger partial charge is 0.338 e. The minimum atomic E-state index is -0.220. The summed E-state index contributed by atoms with van der Waals surface area (Å²) in [5.74, 6) is 1.34. The fraction of sp³-hybridized carbons (Fsp3) is 0.333. The number of fused-ring (bicyclic) bond motifs is 1. The van der Waals surface area contributed by atoms with Gasteiger partial charge in [-0.25, -0.2) is 0 Å². The molecule has 22 heavy (non-hydrogen) atoms. The Kier molecular flexibility index (Phi) is 3.98. The number of carbonyl (C=O) groups excluding carboxylic acids is 2. The Labute approximate surface area is 131 Å². The van der Waals surface area contributed by atoms with Gasteiger partial charge in [0.15, 0.2) is 5.82 Å². The number of nitrogens with zero attached hydrogens (tertiary/aromatic N) is 3. The Hall–Kier alpha value is -2.15. The van der Waals surface area contributed by atoms with Crippen LogP contribution in [-0.4, -0.2) is 39.2 Å². The molecule has 7 heteroatoms. The quantitative estimate of drug-likeness (QED) is 0.789. The fourth-order valence-corrected chi connectivity index (χ4v) is 3.19. The first kappa shape index (κ1) is 14.8. The van der Waals surface area contributed by atoms with E-state index < -0.39 is 0 Å². The summed E-state index contributed by atoms with van der Waals surface area (Å²) in [6.07, 6.45) is 0. The Morgan fingerprint density at radius 3 is 2.41 bits per heavy atom. The first-order valence-corrected chi connectivity index (χ1v) is 8.00. The SMILES string of the molecule is Cc1noc([C@H](C)SCCN2C(=O)c3ccccc3C2=O)n1. The van der Waals surface area contributed by atoms with Crippen LogP contribution in [-0.2, 0) is 0 Å². The van der Waals surface area contributed by atoms with Crippen molar-refractivity contribution in [1.29, 1.82) is 0 Å². The minimum Gasteiger partial charge on any atom is -0.338 e. The maximum atomic E-state index is 12.2. The van der Waals surface area contributed by atoms with Crippen molar-refractivity contribution in [1.82, 2.24) is 15.0 Å². The molecule has 0 unspecified atom stereocenters. The summed E-state index contributed by atoms with van der Waals surface area (Å²) < 4.78 is 5.11. The lowest BCUT2D eigenvalue weighted by Crippen LogP contribution is -2.31. The third-order valence-electron chi connectivity index (χ3n) is 3.45. The average molecular weight is 317 g/mol. The van der Waals surface area contributed by atoms with Crippen LogP contribution in [0.3, 0.4) is 0 Å². The van der Waals surface area contributed by atoms with Crippen molar-refractivity contribution in [3.63, 3.8) is 0 Å². The van der Waals surface area contributed by atoms with Gasteiger partial charge in [0.2, 0.25) is 5.89 Å². The van der Waals surface area contributed by atoms with Gasteiger partial charge >= 0.3 is 0 Å². The highest BCUT2D eigenvalue weighted by molar-refractivity contribution is 7.99. The zero-order valence-corrected chi connectivity index (χ0v) is 13.1. The molecular weight excluding hydrogens is 302 g/mol. The first-order valence-electron chi connectivity index (χ1n) is 6.95. The number of benzene rings is 1. The average Bonchev–Trinajstić information content (AvgIpc) is 3.05. The molecule has 1 aliphatic rings. The number of hydrogen-bond donors (Lipinski definition) is 0. The predicted octanol–water partition coefficient (Wildman–Crippen LogP) is 2.47. The molecule has 114 valence electrons. The molecule has 6 nitrogen and oxygen atoms in total. The first-order chi connectivity index (χ1) is 10.6. The number of imide groups is 1. The molecule has 0 spiro atoms. The molecule has 1 aliphatic heterocycles. The Morgan fingerprint density at radius 1 is 1.23 bits per heavy atom. The molecule has 0 N–H and O–H groups in total. The van der Waals surface area contributed by atoms with E-state index in [-0.39, 0.29) is 17.1 Å². The second kappa shape index (κ2) is 5.92. The summed E-state index contributed by atoms with van der Waals surface area (Å²) in [7, 11) is 0. The smallest absolute Gasteiger partial charge is 0.261 e. The van der Waals surface area contributed by atoms with Crippen LogP contribution in [0.4, 0.5) is 0 Å². The molecular formula is C15H15N3O3S. The van der Waals surface area contributed by atoms with E-state index in [1.807, 2.05) is 6.92 Å². The maximum Gasteiger partial charge on any atom is 0.261 e. The van der Waals surface area contributed by atoms with Gasteiger partial charge in [0, 0.05) is 12.3 Å². The van der Waals surface area contributed by atoms with E-state index in [9.17, 15) is 9.59 Å². The van der Waals surface area contributed by atoms with E-state index >= 15 is 0 Å². The number of aromatic nitrogens is 2. The molecule has 0 fully saturated rings. The Balaban J connectivity index is 1.59. The summed E-state index contributed by atoms with van der Waals surface area (Å²) >= 11 is 1.57. The van der Waals surface area contributed by atoms with Crippen molar-refractivity contribution >= 4 is 23.6 Å². The van der Waals surface area contributed by atoms with E-state index in [1.54, 1.807) is 43.0 Å². The highest BCUT2D eigenvalue weighted by Gasteiger charge is 2.34. The van der Waals surface area contributed by atoms with Crippen LogP contribution < -0.4 is 0 Å². The van der Waals surface area contributed by atoms with Gasteiger partial charge in [-0.05, 0) is 26.0 Å². The van der Waals surface area contributed by atoms with Crippen molar-refractivity contribution in [2.75, 3.05) is 12.3 Å². The molecule has 2 amide bonds. The van der Waals surface area contributed by atoms with Gasteiger partial charge in [0.05, 0.1) is 16.4 Å². The standard InChI is InChI=1S/C15H15N3O3S/c1-9(13-16-10(2)17-21-13)22-8-7-18-14(19)11-5-3-4-6-12(11)15(18)20/h3-6,9H,7-8H2,1-2H3/t9-/m0/s1. The summed E-state index contributed by atoms with van der Waals surface area (Å²) in [5, 5.41) is 3.78. The molecule has 0 aliphatic carbocycles. The second-order valence-electron chi connectivity index (χ2n) is 5.00. The van der Waals surface area contributed by atoms with Gasteiger partial charge < -0.3 is 4.52 Å². The van der Waals surface area contributed by atoms with Crippen molar-refractivity contribution < 1.29 is 14.1 Å². The number of thioether (sulfide) groups is 1. The monoisotopic (exact) mass is 317 g/mol. The van der Waals surface area contributed by atoms with Crippen molar-refractivity contribution in [3.8, 4) is 0 Å². The lowest BCUT2D eigenvalue weighted by Gasteiger charge is -2.14. The van der Waals surface area contributed by atoms with Crippen molar-refractivity contribution in [2.24, 2.45) is 0 Å². The number of aryl methyl sites for hydroxylation is 1. The zero-order valence-electron chi connectivity index (χ0n) is 12.3. The molecule has 3 rings (SSSR count). The van der Waals surface area contributed by atoms with Crippen LogP contribution in [0.1, 0.15) is 44.6 Å². The van der Waals surface area contributed by atoms with E-state index in [0.29, 0.717) is 35.1 Å². The van der Waals surface area contributed by atoms with Gasteiger partial charge in [-0.15, -0.1) is 11.8 Å². The van der Waals surface area contributed by atoms with E-state index in [4.69, 9.17) is 4.52 Å². The predicted molar refractivity (Wildman–Crippen MR) is 81.7 cm³/mol. The Bertz CT molecular complexity index is 693. The molecule has 0 saturated heterocycles. The summed E-state index contributed by atoms with van der Waals surface area (Å²) in [6.45, 7) is 4.09. The van der Waals surface area contributed by atoms with Crippen molar-refractivity contribution in [2.45, 2.75) is 19.1 Å². The lowest BCUT2D eigenvalue weighted by atomic mass is 10.1. The lowest BCUT2D eigenvalue weighted by molar-refractivity contribution is 0.0664. The molecule has 1 aromatic carbocycles. The molecule has 2 heterocycles. The van der Waals surface area contributed by atoms with Gasteiger partial charge in [0.25, 0.3) is 11.8 Å². The molecule has 2 aromatic rings. The molecule has 0 bridgehead atoms. The minimum absolute atomic E-state index is 0.0244. The van der Waals surface area contributed by atoms with Gasteiger partial charge in [0.1, 0.15) is 0 Å². The third-order valence-corrected chi connectivity index (χ3v) is 4.57. The summed E-state index contributed by atoms with van der Waals surface area (Å²) in [6, 6.07) is 6.91. The molecule has 0 radical (unpaired) electrons. The fourth-order valence-electron chi connectivity index (χ4n) is 2.31. The topological polar surface area (TPSA) is 76.3 Å². The molecule has 0 saturated carbocycles. The van der Waals surface area contributed by atoms with Crippen LogP contribution in [0.15, 0.2) is 28.8 Å². The van der Waals surface area contributed by atoms with E-state index in [0.717, 1.165) is 0 Å². The molecule has 1 atom stereocenters. The maximum absolute atomic E-state index is 12.2. The van der Waals surface area contributed by atoms with Crippen LogP contribution in [0.25, 0.3) is 0 Å².